The molecule has 0 bridgehead atoms. The van der Waals surface area contributed by atoms with Crippen molar-refractivity contribution < 1.29 is 8.42 Å². The zero-order valence-electron chi connectivity index (χ0n) is 7.65. The fourth-order valence-electron chi connectivity index (χ4n) is 0.880. The van der Waals surface area contributed by atoms with E-state index in [0.29, 0.717) is 0 Å². The Kier molecular flexibility index (Phi) is 5.15. The van der Waals surface area contributed by atoms with Gasteiger partial charge in [0.25, 0.3) is 10.2 Å². The van der Waals surface area contributed by atoms with Crippen molar-refractivity contribution in [2.45, 2.75) is 19.4 Å². The second-order valence-electron chi connectivity index (χ2n) is 2.58. The first kappa shape index (κ1) is 12.2. The lowest BCUT2D eigenvalue weighted by atomic mass is 10.3. The number of thioether (sulfide) groups is 1. The molecule has 1 atom stereocenters. The average molecular weight is 212 g/mol. The Labute approximate surface area is 78.7 Å². The van der Waals surface area contributed by atoms with Gasteiger partial charge in [-0.1, -0.05) is 6.92 Å². The van der Waals surface area contributed by atoms with E-state index in [1.807, 2.05) is 13.2 Å². The summed E-state index contributed by atoms with van der Waals surface area (Å²) in [6.45, 7) is 1.95. The molecule has 0 aromatic heterocycles. The summed E-state index contributed by atoms with van der Waals surface area (Å²) < 4.78 is 23.0. The quantitative estimate of drug-likeness (QED) is 0.711. The molecular formula is C6H16N2O2S2. The summed E-state index contributed by atoms with van der Waals surface area (Å²) in [6, 6.07) is 0.00926. The first-order valence-corrected chi connectivity index (χ1v) is 6.57. The van der Waals surface area contributed by atoms with E-state index in [-0.39, 0.29) is 6.04 Å². The third-order valence-corrected chi connectivity index (χ3v) is 3.56. The highest BCUT2D eigenvalue weighted by molar-refractivity contribution is 7.98. The van der Waals surface area contributed by atoms with Crippen LogP contribution in [-0.4, -0.2) is 37.8 Å². The first-order valence-electron chi connectivity index (χ1n) is 3.68. The number of hydrogen-bond donors (Lipinski definition) is 1. The van der Waals surface area contributed by atoms with Crippen molar-refractivity contribution in [3.63, 3.8) is 0 Å². The van der Waals surface area contributed by atoms with Crippen molar-refractivity contribution in [3.05, 3.63) is 0 Å². The third-order valence-electron chi connectivity index (χ3n) is 1.75. The normalized spacial score (nSPS) is 15.1. The van der Waals surface area contributed by atoms with Crippen LogP contribution in [0.2, 0.25) is 0 Å². The van der Waals surface area contributed by atoms with Crippen molar-refractivity contribution >= 4 is 22.0 Å². The molecule has 74 valence electrons. The van der Waals surface area contributed by atoms with Crippen LogP contribution in [-0.2, 0) is 10.2 Å². The minimum atomic E-state index is -3.52. The SMILES string of the molecule is CCC(CSC)N(C)S(N)(=O)=O. The predicted molar refractivity (Wildman–Crippen MR) is 53.3 cm³/mol. The summed E-state index contributed by atoms with van der Waals surface area (Å²) in [6.07, 6.45) is 2.73. The number of rotatable bonds is 5. The maximum absolute atomic E-state index is 10.9. The first-order chi connectivity index (χ1) is 5.43. The van der Waals surface area contributed by atoms with Gasteiger partial charge < -0.3 is 0 Å². The zero-order valence-corrected chi connectivity index (χ0v) is 9.28. The van der Waals surface area contributed by atoms with E-state index in [0.717, 1.165) is 12.2 Å². The van der Waals surface area contributed by atoms with Crippen LogP contribution in [0.4, 0.5) is 0 Å². The minimum absolute atomic E-state index is 0.00926. The van der Waals surface area contributed by atoms with E-state index >= 15 is 0 Å². The van der Waals surface area contributed by atoms with Crippen LogP contribution in [0.25, 0.3) is 0 Å². The van der Waals surface area contributed by atoms with E-state index in [1.54, 1.807) is 11.8 Å². The average Bonchev–Trinajstić information content (AvgIpc) is 1.97. The second kappa shape index (κ2) is 5.06. The van der Waals surface area contributed by atoms with E-state index in [1.165, 1.54) is 11.4 Å². The summed E-state index contributed by atoms with van der Waals surface area (Å²) in [4.78, 5) is 0. The Balaban J connectivity index is 4.31. The fourth-order valence-corrected chi connectivity index (χ4v) is 2.46. The van der Waals surface area contributed by atoms with Gasteiger partial charge in [-0.25, -0.2) is 5.14 Å². The van der Waals surface area contributed by atoms with Crippen molar-refractivity contribution in [2.24, 2.45) is 5.14 Å². The predicted octanol–water partition coefficient (Wildman–Crippen LogP) is 0.263. The molecule has 0 aromatic carbocycles. The second-order valence-corrected chi connectivity index (χ2v) is 5.10. The Bertz CT molecular complexity index is 216. The number of nitrogens with two attached hydrogens (primary N) is 1. The molecule has 0 spiro atoms. The smallest absolute Gasteiger partial charge is 0.216 e. The Hall–Kier alpha value is 0.220. The summed E-state index contributed by atoms with van der Waals surface area (Å²) in [5.74, 6) is 0.781. The summed E-state index contributed by atoms with van der Waals surface area (Å²) >= 11 is 1.62. The summed E-state index contributed by atoms with van der Waals surface area (Å²) in [5, 5.41) is 4.97. The van der Waals surface area contributed by atoms with Crippen molar-refractivity contribution in [3.8, 4) is 0 Å². The highest BCUT2D eigenvalue weighted by Crippen LogP contribution is 2.09. The Morgan fingerprint density at radius 3 is 2.33 bits per heavy atom. The van der Waals surface area contributed by atoms with Gasteiger partial charge in [0.05, 0.1) is 0 Å². The third kappa shape index (κ3) is 3.75. The molecule has 0 heterocycles. The van der Waals surface area contributed by atoms with Gasteiger partial charge in [0.2, 0.25) is 0 Å². The molecule has 0 fully saturated rings. The molecule has 12 heavy (non-hydrogen) atoms. The van der Waals surface area contributed by atoms with E-state index in [9.17, 15) is 8.42 Å². The van der Waals surface area contributed by atoms with Crippen LogP contribution < -0.4 is 5.14 Å². The summed E-state index contributed by atoms with van der Waals surface area (Å²) in [5.41, 5.74) is 0. The lowest BCUT2D eigenvalue weighted by molar-refractivity contribution is 0.386. The topological polar surface area (TPSA) is 63.4 Å². The molecule has 0 saturated carbocycles. The van der Waals surface area contributed by atoms with E-state index < -0.39 is 10.2 Å². The van der Waals surface area contributed by atoms with Crippen molar-refractivity contribution in [1.29, 1.82) is 0 Å². The molecule has 0 aliphatic heterocycles. The van der Waals surface area contributed by atoms with Crippen LogP contribution >= 0.6 is 11.8 Å². The molecule has 0 saturated heterocycles. The Morgan fingerprint density at radius 2 is 2.08 bits per heavy atom. The van der Waals surface area contributed by atoms with Crippen LogP contribution in [0.1, 0.15) is 13.3 Å². The molecule has 6 heteroatoms. The van der Waals surface area contributed by atoms with Crippen LogP contribution in [0.5, 0.6) is 0 Å². The monoisotopic (exact) mass is 212 g/mol. The molecule has 4 nitrogen and oxygen atoms in total. The summed E-state index contributed by atoms with van der Waals surface area (Å²) in [7, 11) is -2.00. The molecule has 0 radical (unpaired) electrons. The highest BCUT2D eigenvalue weighted by Gasteiger charge is 2.20. The number of hydrogen-bond acceptors (Lipinski definition) is 3. The van der Waals surface area contributed by atoms with Crippen LogP contribution in [0.3, 0.4) is 0 Å². The van der Waals surface area contributed by atoms with Gasteiger partial charge in [-0.05, 0) is 12.7 Å². The molecular weight excluding hydrogens is 196 g/mol. The minimum Gasteiger partial charge on any atom is -0.216 e. The molecule has 2 N–H and O–H groups in total. The standard InChI is InChI=1S/C6H16N2O2S2/c1-4-6(5-11-3)8(2)12(7,9)10/h6H,4-5H2,1-3H3,(H2,7,9,10). The zero-order chi connectivity index (χ0) is 9.78. The van der Waals surface area contributed by atoms with Crippen molar-refractivity contribution in [2.75, 3.05) is 19.1 Å². The molecule has 1 unspecified atom stereocenters. The van der Waals surface area contributed by atoms with Gasteiger partial charge >= 0.3 is 0 Å². The highest BCUT2D eigenvalue weighted by atomic mass is 32.2. The van der Waals surface area contributed by atoms with Crippen LogP contribution in [0, 0.1) is 0 Å². The van der Waals surface area contributed by atoms with Crippen molar-refractivity contribution in [1.82, 2.24) is 4.31 Å². The molecule has 0 aliphatic carbocycles. The lowest BCUT2D eigenvalue weighted by Crippen LogP contribution is -2.42. The number of nitrogens with zero attached hydrogens (tertiary/aromatic N) is 1. The molecule has 0 rings (SSSR count). The van der Waals surface area contributed by atoms with Gasteiger partial charge in [-0.2, -0.15) is 24.5 Å². The van der Waals surface area contributed by atoms with E-state index in [4.69, 9.17) is 5.14 Å². The van der Waals surface area contributed by atoms with Gasteiger partial charge in [0.1, 0.15) is 0 Å². The largest absolute Gasteiger partial charge is 0.276 e. The molecule has 0 amide bonds. The van der Waals surface area contributed by atoms with Gasteiger partial charge in [0, 0.05) is 18.8 Å². The van der Waals surface area contributed by atoms with Crippen LogP contribution in [0.15, 0.2) is 0 Å². The fraction of sp³-hybridized carbons (Fsp3) is 1.00. The van der Waals surface area contributed by atoms with E-state index in [2.05, 4.69) is 0 Å². The lowest BCUT2D eigenvalue weighted by Gasteiger charge is -2.23. The van der Waals surface area contributed by atoms with Gasteiger partial charge in [0.15, 0.2) is 0 Å². The maximum Gasteiger partial charge on any atom is 0.276 e. The Morgan fingerprint density at radius 1 is 1.58 bits per heavy atom. The van der Waals surface area contributed by atoms with Gasteiger partial charge in [-0.3, -0.25) is 0 Å². The maximum atomic E-state index is 10.9. The molecule has 0 aliphatic rings. The molecule has 0 aromatic rings. The van der Waals surface area contributed by atoms with Gasteiger partial charge in [-0.15, -0.1) is 0 Å².